The van der Waals surface area contributed by atoms with Crippen LogP contribution in [-0.4, -0.2) is 66.4 Å². The topological polar surface area (TPSA) is 42.0 Å². The molecule has 1 amide bonds. The number of carbonyl (C=O) groups excluding carboxylic acids is 1. The van der Waals surface area contributed by atoms with E-state index < -0.39 is 0 Å². The number of rotatable bonds is 4. The second-order valence-corrected chi connectivity index (χ2v) is 7.35. The molecule has 2 heterocycles. The van der Waals surface area contributed by atoms with Gasteiger partial charge in [-0.05, 0) is 25.7 Å². The molecule has 2 saturated carbocycles. The Balaban J connectivity index is 1.31. The average Bonchev–Trinajstić information content (AvgIpc) is 3.00. The molecule has 4 aliphatic rings. The van der Waals surface area contributed by atoms with Crippen LogP contribution in [0.3, 0.4) is 0 Å². The Morgan fingerprint density at radius 1 is 1.00 bits per heavy atom. The summed E-state index contributed by atoms with van der Waals surface area (Å²) in [5, 5.41) is 0. The molecule has 0 aromatic rings. The van der Waals surface area contributed by atoms with Crippen molar-refractivity contribution in [3.8, 4) is 0 Å². The van der Waals surface area contributed by atoms with Crippen LogP contribution in [-0.2, 0) is 14.3 Å². The van der Waals surface area contributed by atoms with E-state index in [2.05, 4.69) is 9.80 Å². The highest BCUT2D eigenvalue weighted by molar-refractivity contribution is 5.79. The van der Waals surface area contributed by atoms with Crippen LogP contribution in [0.5, 0.6) is 0 Å². The van der Waals surface area contributed by atoms with Crippen LogP contribution in [0.25, 0.3) is 0 Å². The summed E-state index contributed by atoms with van der Waals surface area (Å²) in [5.74, 6) is 0.0277. The molecular weight excluding hydrogens is 280 g/mol. The van der Waals surface area contributed by atoms with Gasteiger partial charge in [-0.25, -0.2) is 0 Å². The van der Waals surface area contributed by atoms with Crippen LogP contribution >= 0.6 is 0 Å². The van der Waals surface area contributed by atoms with E-state index >= 15 is 0 Å². The summed E-state index contributed by atoms with van der Waals surface area (Å²) in [4.78, 5) is 17.4. The number of hydrogen-bond donors (Lipinski definition) is 0. The van der Waals surface area contributed by atoms with Gasteiger partial charge in [-0.1, -0.05) is 12.8 Å². The Labute approximate surface area is 132 Å². The number of carbonyl (C=O) groups is 1. The van der Waals surface area contributed by atoms with Crippen molar-refractivity contribution >= 4 is 5.91 Å². The molecule has 4 rings (SSSR count). The van der Waals surface area contributed by atoms with Crippen molar-refractivity contribution in [2.75, 3.05) is 32.8 Å². The molecule has 0 unspecified atom stereocenters. The molecule has 0 bridgehead atoms. The number of hydrogen-bond acceptors (Lipinski definition) is 4. The summed E-state index contributed by atoms with van der Waals surface area (Å²) in [5.41, 5.74) is 0. The van der Waals surface area contributed by atoms with Gasteiger partial charge in [0.25, 0.3) is 0 Å². The molecule has 0 aromatic heterocycles. The Morgan fingerprint density at radius 2 is 1.59 bits per heavy atom. The molecule has 5 nitrogen and oxygen atoms in total. The first kappa shape index (κ1) is 14.9. The van der Waals surface area contributed by atoms with Gasteiger partial charge in [-0.2, -0.15) is 0 Å². The lowest BCUT2D eigenvalue weighted by Gasteiger charge is -2.38. The van der Waals surface area contributed by atoms with Crippen LogP contribution in [0.4, 0.5) is 0 Å². The van der Waals surface area contributed by atoms with E-state index in [4.69, 9.17) is 9.47 Å². The number of piperidine rings is 1. The summed E-state index contributed by atoms with van der Waals surface area (Å²) in [6.07, 6.45) is 9.24. The maximum absolute atomic E-state index is 12.8. The van der Waals surface area contributed by atoms with Crippen molar-refractivity contribution in [3.63, 3.8) is 0 Å². The van der Waals surface area contributed by atoms with E-state index in [0.717, 1.165) is 39.1 Å². The van der Waals surface area contributed by atoms with Gasteiger partial charge in [-0.15, -0.1) is 0 Å². The van der Waals surface area contributed by atoms with Gasteiger partial charge in [0.2, 0.25) is 5.91 Å². The number of ether oxygens (including phenoxy) is 2. The van der Waals surface area contributed by atoms with Gasteiger partial charge < -0.3 is 14.4 Å². The molecule has 4 fully saturated rings. The van der Waals surface area contributed by atoms with Gasteiger partial charge >= 0.3 is 0 Å². The second-order valence-electron chi connectivity index (χ2n) is 7.35. The van der Waals surface area contributed by atoms with E-state index in [1.807, 2.05) is 0 Å². The fraction of sp³-hybridized carbons (Fsp3) is 0.941. The maximum atomic E-state index is 12.8. The minimum Gasteiger partial charge on any atom is -0.347 e. The van der Waals surface area contributed by atoms with Crippen molar-refractivity contribution < 1.29 is 14.3 Å². The number of nitrogens with zero attached hydrogens (tertiary/aromatic N) is 2. The van der Waals surface area contributed by atoms with Crippen molar-refractivity contribution in [2.45, 2.75) is 69.2 Å². The first-order chi connectivity index (χ1) is 10.8. The summed E-state index contributed by atoms with van der Waals surface area (Å²) < 4.78 is 11.5. The molecule has 2 saturated heterocycles. The zero-order valence-corrected chi connectivity index (χ0v) is 13.5. The Kier molecular flexibility index (Phi) is 4.13. The molecule has 0 aromatic carbocycles. The average molecular weight is 308 g/mol. The first-order valence-corrected chi connectivity index (χ1v) is 9.07. The molecule has 22 heavy (non-hydrogen) atoms. The molecule has 0 N–H and O–H groups in total. The molecule has 2 aliphatic carbocycles. The van der Waals surface area contributed by atoms with Crippen LogP contribution in [0, 0.1) is 0 Å². The lowest BCUT2D eigenvalue weighted by molar-refractivity contribution is -0.186. The standard InChI is InChI=1S/C17H28N2O3/c20-16(19(15-5-6-15)14-3-1-2-4-14)13-18-9-7-17(8-10-18)21-11-12-22-17/h14-15H,1-13H2. The van der Waals surface area contributed by atoms with E-state index in [0.29, 0.717) is 24.5 Å². The third-order valence-electron chi connectivity index (χ3n) is 5.74. The normalized spacial score (nSPS) is 29.3. The highest BCUT2D eigenvalue weighted by Gasteiger charge is 2.42. The maximum Gasteiger partial charge on any atom is 0.237 e. The molecule has 2 aliphatic heterocycles. The largest absolute Gasteiger partial charge is 0.347 e. The number of likely N-dealkylation sites (tertiary alicyclic amines) is 1. The van der Waals surface area contributed by atoms with E-state index in [9.17, 15) is 4.79 Å². The fourth-order valence-electron chi connectivity index (χ4n) is 4.35. The third kappa shape index (κ3) is 3.03. The quantitative estimate of drug-likeness (QED) is 0.793. The van der Waals surface area contributed by atoms with Crippen LogP contribution < -0.4 is 0 Å². The monoisotopic (exact) mass is 308 g/mol. The Hall–Kier alpha value is -0.650. The Bertz CT molecular complexity index is 402. The lowest BCUT2D eigenvalue weighted by atomic mass is 10.0. The van der Waals surface area contributed by atoms with Gasteiger partial charge in [0.15, 0.2) is 5.79 Å². The molecule has 0 radical (unpaired) electrons. The predicted octanol–water partition coefficient (Wildman–Crippen LogP) is 1.76. The smallest absolute Gasteiger partial charge is 0.237 e. The molecule has 124 valence electrons. The summed E-state index contributed by atoms with van der Waals surface area (Å²) in [6.45, 7) is 3.85. The minimum absolute atomic E-state index is 0.332. The lowest BCUT2D eigenvalue weighted by Crippen LogP contribution is -2.50. The fourth-order valence-corrected chi connectivity index (χ4v) is 4.35. The third-order valence-corrected chi connectivity index (χ3v) is 5.74. The van der Waals surface area contributed by atoms with Crippen LogP contribution in [0.2, 0.25) is 0 Å². The molecule has 1 spiro atoms. The zero-order chi connectivity index (χ0) is 15.0. The first-order valence-electron chi connectivity index (χ1n) is 9.07. The molecule has 0 atom stereocenters. The van der Waals surface area contributed by atoms with Crippen LogP contribution in [0.15, 0.2) is 0 Å². The van der Waals surface area contributed by atoms with Gasteiger partial charge in [0, 0.05) is 38.0 Å². The van der Waals surface area contributed by atoms with Crippen molar-refractivity contribution in [2.24, 2.45) is 0 Å². The Morgan fingerprint density at radius 3 is 2.18 bits per heavy atom. The van der Waals surface area contributed by atoms with Crippen LogP contribution in [0.1, 0.15) is 51.4 Å². The van der Waals surface area contributed by atoms with Crippen molar-refractivity contribution in [3.05, 3.63) is 0 Å². The van der Waals surface area contributed by atoms with E-state index in [1.165, 1.54) is 38.5 Å². The minimum atomic E-state index is -0.332. The molecule has 5 heteroatoms. The summed E-state index contributed by atoms with van der Waals surface area (Å²) in [7, 11) is 0. The number of amides is 1. The van der Waals surface area contributed by atoms with Gasteiger partial charge in [0.1, 0.15) is 0 Å². The van der Waals surface area contributed by atoms with Gasteiger partial charge in [-0.3, -0.25) is 9.69 Å². The molecular formula is C17H28N2O3. The highest BCUT2D eigenvalue weighted by Crippen LogP contribution is 2.35. The predicted molar refractivity (Wildman–Crippen MR) is 82.4 cm³/mol. The van der Waals surface area contributed by atoms with E-state index in [-0.39, 0.29) is 5.79 Å². The second kappa shape index (κ2) is 6.10. The summed E-state index contributed by atoms with van der Waals surface area (Å²) >= 11 is 0. The zero-order valence-electron chi connectivity index (χ0n) is 13.5. The van der Waals surface area contributed by atoms with Gasteiger partial charge in [0.05, 0.1) is 19.8 Å². The van der Waals surface area contributed by atoms with Crippen molar-refractivity contribution in [1.82, 2.24) is 9.80 Å². The highest BCUT2D eigenvalue weighted by atomic mass is 16.7. The van der Waals surface area contributed by atoms with E-state index in [1.54, 1.807) is 0 Å². The van der Waals surface area contributed by atoms with Crippen molar-refractivity contribution in [1.29, 1.82) is 0 Å². The summed E-state index contributed by atoms with van der Waals surface area (Å²) in [6, 6.07) is 1.07. The SMILES string of the molecule is O=C(CN1CCC2(CC1)OCCO2)N(C1CCCC1)C1CC1.